The van der Waals surface area contributed by atoms with Gasteiger partial charge >= 0.3 is 0 Å². The van der Waals surface area contributed by atoms with Gasteiger partial charge in [-0.3, -0.25) is 9.59 Å². The van der Waals surface area contributed by atoms with E-state index in [1.165, 1.54) is 11.0 Å². The van der Waals surface area contributed by atoms with E-state index < -0.39 is 0 Å². The van der Waals surface area contributed by atoms with E-state index in [9.17, 15) is 14.0 Å². The molecule has 0 aliphatic carbocycles. The number of nitrogens with zero attached hydrogens (tertiary/aromatic N) is 1. The van der Waals surface area contributed by atoms with Crippen LogP contribution in [0, 0.1) is 5.82 Å². The summed E-state index contributed by atoms with van der Waals surface area (Å²) in [7, 11) is 0. The Morgan fingerprint density at radius 1 is 1.12 bits per heavy atom. The number of carbonyl (C=O) groups is 2. The van der Waals surface area contributed by atoms with Crippen LogP contribution >= 0.6 is 0 Å². The van der Waals surface area contributed by atoms with Gasteiger partial charge in [0.2, 0.25) is 5.91 Å². The Labute approximate surface area is 146 Å². The van der Waals surface area contributed by atoms with Crippen LogP contribution in [0.25, 0.3) is 0 Å². The largest absolute Gasteiger partial charge is 0.330 e. The number of amides is 2. The highest BCUT2D eigenvalue weighted by atomic mass is 19.1. The van der Waals surface area contributed by atoms with Crippen LogP contribution in [-0.4, -0.2) is 23.3 Å². The van der Waals surface area contributed by atoms with Gasteiger partial charge in [0.15, 0.2) is 0 Å². The van der Waals surface area contributed by atoms with Gasteiger partial charge in [-0.1, -0.05) is 36.9 Å². The summed E-state index contributed by atoms with van der Waals surface area (Å²) in [5.74, 6) is -1.01. The molecule has 0 fully saturated rings. The lowest BCUT2D eigenvalue weighted by atomic mass is 10.1. The van der Waals surface area contributed by atoms with E-state index in [1.54, 1.807) is 48.5 Å². The van der Waals surface area contributed by atoms with Gasteiger partial charge in [-0.2, -0.15) is 0 Å². The van der Waals surface area contributed by atoms with Gasteiger partial charge in [-0.15, -0.1) is 6.58 Å². The molecule has 0 radical (unpaired) electrons. The van der Waals surface area contributed by atoms with E-state index in [4.69, 9.17) is 0 Å². The first-order valence-electron chi connectivity index (χ1n) is 7.72. The Kier molecular flexibility index (Phi) is 6.23. The average molecular weight is 338 g/mol. The molecule has 0 spiro atoms. The maximum absolute atomic E-state index is 13.9. The fraction of sp³-hybridized carbons (Fsp3) is 0.100. The molecular weight excluding hydrogens is 319 g/mol. The van der Waals surface area contributed by atoms with Crippen molar-refractivity contribution in [3.63, 3.8) is 0 Å². The first-order valence-corrected chi connectivity index (χ1v) is 7.72. The highest BCUT2D eigenvalue weighted by Gasteiger charge is 2.17. The van der Waals surface area contributed by atoms with Crippen LogP contribution < -0.4 is 5.32 Å². The number of nitrogens with one attached hydrogen (secondary N) is 1. The highest BCUT2D eigenvalue weighted by molar-refractivity contribution is 6.00. The molecule has 0 aliphatic heterocycles. The lowest BCUT2D eigenvalue weighted by molar-refractivity contribution is -0.111. The zero-order chi connectivity index (χ0) is 18.2. The van der Waals surface area contributed by atoms with Crippen molar-refractivity contribution in [3.8, 4) is 0 Å². The van der Waals surface area contributed by atoms with Crippen molar-refractivity contribution in [2.45, 2.75) is 6.54 Å². The number of rotatable bonds is 7. The van der Waals surface area contributed by atoms with Crippen molar-refractivity contribution in [1.82, 2.24) is 4.90 Å². The first kappa shape index (κ1) is 18.1. The lowest BCUT2D eigenvalue weighted by Crippen LogP contribution is -2.31. The molecule has 0 aliphatic rings. The van der Waals surface area contributed by atoms with E-state index in [-0.39, 0.29) is 30.7 Å². The Morgan fingerprint density at radius 3 is 2.56 bits per heavy atom. The minimum Gasteiger partial charge on any atom is -0.330 e. The maximum Gasteiger partial charge on any atom is 0.254 e. The van der Waals surface area contributed by atoms with E-state index in [0.717, 1.165) is 6.08 Å². The summed E-state index contributed by atoms with van der Waals surface area (Å²) in [5.41, 5.74) is 1.30. The molecule has 0 unspecified atom stereocenters. The Bertz CT molecular complexity index is 802. The minimum atomic E-state index is -0.364. The van der Waals surface area contributed by atoms with Crippen LogP contribution in [0.15, 0.2) is 73.8 Å². The van der Waals surface area contributed by atoms with Crippen LogP contribution in [0.5, 0.6) is 0 Å². The summed E-state index contributed by atoms with van der Waals surface area (Å²) in [6.07, 6.45) is 2.73. The molecule has 1 N–H and O–H groups in total. The molecule has 0 aromatic heterocycles. The van der Waals surface area contributed by atoms with Crippen molar-refractivity contribution >= 4 is 17.5 Å². The van der Waals surface area contributed by atoms with Crippen LogP contribution in [0.3, 0.4) is 0 Å². The van der Waals surface area contributed by atoms with Gasteiger partial charge in [0, 0.05) is 29.9 Å². The molecular formula is C20H19FN2O2. The predicted molar refractivity (Wildman–Crippen MR) is 96.6 cm³/mol. The molecule has 0 heterocycles. The van der Waals surface area contributed by atoms with Gasteiger partial charge in [0.1, 0.15) is 5.82 Å². The summed E-state index contributed by atoms with van der Waals surface area (Å²) in [5, 5.41) is 2.61. The molecule has 0 bridgehead atoms. The van der Waals surface area contributed by atoms with Crippen LogP contribution in [0.1, 0.15) is 15.9 Å². The maximum atomic E-state index is 13.9. The predicted octanol–water partition coefficient (Wildman–Crippen LogP) is 3.78. The summed E-state index contributed by atoms with van der Waals surface area (Å²) in [6, 6.07) is 12.9. The molecule has 4 nitrogen and oxygen atoms in total. The molecule has 2 aromatic rings. The molecule has 2 rings (SSSR count). The highest BCUT2D eigenvalue weighted by Crippen LogP contribution is 2.16. The zero-order valence-corrected chi connectivity index (χ0v) is 13.7. The lowest BCUT2D eigenvalue weighted by Gasteiger charge is -2.22. The fourth-order valence-electron chi connectivity index (χ4n) is 2.31. The van der Waals surface area contributed by atoms with Crippen molar-refractivity contribution < 1.29 is 14.0 Å². The normalized spacial score (nSPS) is 9.96. The molecule has 0 saturated heterocycles. The van der Waals surface area contributed by atoms with Gasteiger partial charge in [0.25, 0.3) is 5.91 Å². The SMILES string of the molecule is C=CCN(Cc1ccccc1F)C(=O)c1cccc(NC(=O)C=C)c1. The van der Waals surface area contributed by atoms with Crippen LogP contribution in [-0.2, 0) is 11.3 Å². The smallest absolute Gasteiger partial charge is 0.254 e. The summed E-state index contributed by atoms with van der Waals surface area (Å²) < 4.78 is 13.9. The Hall–Kier alpha value is -3.21. The van der Waals surface area contributed by atoms with E-state index in [1.807, 2.05) is 0 Å². The third-order valence-corrected chi connectivity index (χ3v) is 3.52. The molecule has 0 saturated carbocycles. The first-order chi connectivity index (χ1) is 12.0. The number of halogens is 1. The van der Waals surface area contributed by atoms with Crippen LogP contribution in [0.4, 0.5) is 10.1 Å². The van der Waals surface area contributed by atoms with E-state index in [2.05, 4.69) is 18.5 Å². The summed E-state index contributed by atoms with van der Waals surface area (Å²) >= 11 is 0. The van der Waals surface area contributed by atoms with Gasteiger partial charge in [-0.05, 0) is 30.3 Å². The number of hydrogen-bond acceptors (Lipinski definition) is 2. The molecule has 5 heteroatoms. The minimum absolute atomic E-state index is 0.126. The van der Waals surface area contributed by atoms with E-state index in [0.29, 0.717) is 16.8 Å². The topological polar surface area (TPSA) is 49.4 Å². The molecule has 128 valence electrons. The van der Waals surface area contributed by atoms with Gasteiger partial charge < -0.3 is 10.2 Å². The summed E-state index contributed by atoms with van der Waals surface area (Å²) in [6.45, 7) is 7.44. The van der Waals surface area contributed by atoms with Crippen molar-refractivity contribution in [1.29, 1.82) is 0 Å². The van der Waals surface area contributed by atoms with Gasteiger partial charge in [-0.25, -0.2) is 4.39 Å². The van der Waals surface area contributed by atoms with Crippen molar-refractivity contribution in [2.75, 3.05) is 11.9 Å². The van der Waals surface area contributed by atoms with Crippen molar-refractivity contribution in [2.24, 2.45) is 0 Å². The third kappa shape index (κ3) is 4.88. The second-order valence-electron chi connectivity index (χ2n) is 5.34. The Morgan fingerprint density at radius 2 is 1.88 bits per heavy atom. The number of anilines is 1. The van der Waals surface area contributed by atoms with Gasteiger partial charge in [0.05, 0.1) is 0 Å². The third-order valence-electron chi connectivity index (χ3n) is 3.52. The van der Waals surface area contributed by atoms with Crippen LogP contribution in [0.2, 0.25) is 0 Å². The second kappa shape index (κ2) is 8.59. The van der Waals surface area contributed by atoms with E-state index >= 15 is 0 Å². The molecule has 2 amide bonds. The fourth-order valence-corrected chi connectivity index (χ4v) is 2.31. The standard InChI is InChI=1S/C20H19FN2O2/c1-3-12-23(14-16-8-5-6-11-18(16)21)20(25)15-9-7-10-17(13-15)22-19(24)4-2/h3-11,13H,1-2,12,14H2,(H,22,24). The Balaban J connectivity index is 2.23. The molecule has 0 atom stereocenters. The summed E-state index contributed by atoms with van der Waals surface area (Å²) in [4.78, 5) is 25.7. The van der Waals surface area contributed by atoms with Crippen molar-refractivity contribution in [3.05, 3.63) is 90.8 Å². The number of carbonyl (C=O) groups excluding carboxylic acids is 2. The second-order valence-corrected chi connectivity index (χ2v) is 5.34. The zero-order valence-electron chi connectivity index (χ0n) is 13.7. The molecule has 25 heavy (non-hydrogen) atoms. The number of benzene rings is 2. The quantitative estimate of drug-likeness (QED) is 0.617. The number of hydrogen-bond donors (Lipinski definition) is 1. The monoisotopic (exact) mass is 338 g/mol. The molecule has 2 aromatic carbocycles. The average Bonchev–Trinajstić information content (AvgIpc) is 2.62.